The molecule has 176 valence electrons. The number of nitrogens with zero attached hydrogens (tertiary/aromatic N) is 2. The topological polar surface area (TPSA) is 73.9 Å². The maximum absolute atomic E-state index is 12.6. The molecule has 1 fully saturated rings. The lowest BCUT2D eigenvalue weighted by molar-refractivity contribution is -0.136. The first-order valence-corrected chi connectivity index (χ1v) is 11.8. The Hall–Kier alpha value is -2.61. The summed E-state index contributed by atoms with van der Waals surface area (Å²) in [4.78, 5) is 29.8. The van der Waals surface area contributed by atoms with E-state index in [9.17, 15) is 9.59 Å². The molecule has 0 aromatic heterocycles. The number of aryl methyl sites for hydroxylation is 1. The van der Waals surface area contributed by atoms with Gasteiger partial charge in [0.1, 0.15) is 0 Å². The van der Waals surface area contributed by atoms with Crippen LogP contribution in [0, 0.1) is 6.92 Å². The highest BCUT2D eigenvalue weighted by Gasteiger charge is 2.26. The van der Waals surface area contributed by atoms with Crippen molar-refractivity contribution in [3.8, 4) is 0 Å². The largest absolute Gasteiger partial charge is 0.379 e. The second-order valence-electron chi connectivity index (χ2n) is 8.65. The van der Waals surface area contributed by atoms with Gasteiger partial charge in [-0.15, -0.1) is 0 Å². The zero-order valence-electron chi connectivity index (χ0n) is 19.2. The van der Waals surface area contributed by atoms with Gasteiger partial charge in [0.15, 0.2) is 0 Å². The van der Waals surface area contributed by atoms with Crippen molar-refractivity contribution in [2.75, 3.05) is 56.7 Å². The van der Waals surface area contributed by atoms with Crippen LogP contribution in [0.4, 0.5) is 11.4 Å². The Kier molecular flexibility index (Phi) is 7.53. The lowest BCUT2D eigenvalue weighted by atomic mass is 9.95. The van der Waals surface area contributed by atoms with Gasteiger partial charge < -0.3 is 20.3 Å². The summed E-state index contributed by atoms with van der Waals surface area (Å²) >= 11 is 6.12. The monoisotopic (exact) mass is 470 g/mol. The zero-order chi connectivity index (χ0) is 23.4. The van der Waals surface area contributed by atoms with Crippen LogP contribution in [0.25, 0.3) is 0 Å². The van der Waals surface area contributed by atoms with E-state index in [0.717, 1.165) is 43.6 Å². The average Bonchev–Trinajstić information content (AvgIpc) is 2.83. The van der Waals surface area contributed by atoms with Crippen molar-refractivity contribution in [1.29, 1.82) is 0 Å². The predicted molar refractivity (Wildman–Crippen MR) is 131 cm³/mol. The highest BCUT2D eigenvalue weighted by molar-refractivity contribution is 6.40. The van der Waals surface area contributed by atoms with E-state index < -0.39 is 11.8 Å². The summed E-state index contributed by atoms with van der Waals surface area (Å²) in [5, 5.41) is 6.05. The summed E-state index contributed by atoms with van der Waals surface area (Å²) in [6.07, 6.45) is 2.19. The van der Waals surface area contributed by atoms with E-state index in [1.165, 1.54) is 11.3 Å². The molecule has 4 rings (SSSR count). The van der Waals surface area contributed by atoms with Crippen LogP contribution in [0.15, 0.2) is 36.4 Å². The molecule has 1 saturated heterocycles. The number of ether oxygens (including phenoxy) is 1. The van der Waals surface area contributed by atoms with Crippen molar-refractivity contribution in [2.24, 2.45) is 0 Å². The highest BCUT2D eigenvalue weighted by atomic mass is 35.5. The van der Waals surface area contributed by atoms with Crippen molar-refractivity contribution in [3.63, 3.8) is 0 Å². The van der Waals surface area contributed by atoms with E-state index in [0.29, 0.717) is 30.5 Å². The van der Waals surface area contributed by atoms with Gasteiger partial charge >= 0.3 is 11.8 Å². The first kappa shape index (κ1) is 23.5. The molecule has 2 heterocycles. The Morgan fingerprint density at radius 1 is 1.12 bits per heavy atom. The molecule has 33 heavy (non-hydrogen) atoms. The predicted octanol–water partition coefficient (Wildman–Crippen LogP) is 3.16. The molecule has 7 nitrogen and oxygen atoms in total. The summed E-state index contributed by atoms with van der Waals surface area (Å²) in [6.45, 7) is 6.10. The third kappa shape index (κ3) is 5.49. The lowest BCUT2D eigenvalue weighted by Crippen LogP contribution is -2.45. The van der Waals surface area contributed by atoms with E-state index in [-0.39, 0.29) is 6.04 Å². The second kappa shape index (κ2) is 10.5. The number of amides is 2. The molecule has 0 radical (unpaired) electrons. The number of halogens is 1. The molecule has 2 aromatic carbocycles. The molecule has 0 saturated carbocycles. The molecule has 0 spiro atoms. The van der Waals surface area contributed by atoms with E-state index in [4.69, 9.17) is 16.3 Å². The first-order chi connectivity index (χ1) is 15.9. The fraction of sp³-hybridized carbons (Fsp3) is 0.440. The molecule has 0 unspecified atom stereocenters. The van der Waals surface area contributed by atoms with Crippen LogP contribution in [0.2, 0.25) is 5.02 Å². The standard InChI is InChI=1S/C25H31ClN4O3/c1-17-20(26)6-3-7-21(17)28-25(32)24(31)27-16-23(30-11-13-33-14-12-30)19-8-9-22-18(15-19)5-4-10-29(22)2/h3,6-9,15,23H,4-5,10-14,16H2,1-2H3,(H,27,31)(H,28,32)/t23-/m0/s1. The number of carbonyl (C=O) groups is 2. The SMILES string of the molecule is Cc1c(Cl)cccc1NC(=O)C(=O)NC[C@@H](c1ccc2c(c1)CCCN2C)N1CCOCC1. The van der Waals surface area contributed by atoms with E-state index in [1.807, 2.05) is 0 Å². The smallest absolute Gasteiger partial charge is 0.313 e. The fourth-order valence-electron chi connectivity index (χ4n) is 4.55. The number of benzene rings is 2. The van der Waals surface area contributed by atoms with Crippen LogP contribution in [0.5, 0.6) is 0 Å². The Balaban J connectivity index is 1.47. The zero-order valence-corrected chi connectivity index (χ0v) is 20.0. The number of hydrogen-bond acceptors (Lipinski definition) is 5. The van der Waals surface area contributed by atoms with Gasteiger partial charge in [-0.05, 0) is 54.7 Å². The number of fused-ring (bicyclic) bond motifs is 1. The van der Waals surface area contributed by atoms with Crippen LogP contribution in [0.3, 0.4) is 0 Å². The minimum atomic E-state index is -0.701. The molecule has 2 aliphatic rings. The van der Waals surface area contributed by atoms with E-state index in [2.05, 4.69) is 45.7 Å². The molecule has 0 bridgehead atoms. The van der Waals surface area contributed by atoms with Crippen molar-refractivity contribution < 1.29 is 14.3 Å². The Bertz CT molecular complexity index is 1020. The van der Waals surface area contributed by atoms with Gasteiger partial charge in [0.05, 0.1) is 19.3 Å². The fourth-order valence-corrected chi connectivity index (χ4v) is 4.73. The van der Waals surface area contributed by atoms with Crippen molar-refractivity contribution in [2.45, 2.75) is 25.8 Å². The van der Waals surface area contributed by atoms with Gasteiger partial charge in [0.2, 0.25) is 0 Å². The third-order valence-electron chi connectivity index (χ3n) is 6.50. The quantitative estimate of drug-likeness (QED) is 0.657. The van der Waals surface area contributed by atoms with Crippen LogP contribution in [0.1, 0.15) is 29.2 Å². The maximum Gasteiger partial charge on any atom is 0.313 e. The summed E-state index contributed by atoms with van der Waals surface area (Å²) in [6, 6.07) is 11.8. The van der Waals surface area contributed by atoms with E-state index >= 15 is 0 Å². The van der Waals surface area contributed by atoms with Gasteiger partial charge in [0.25, 0.3) is 0 Å². The number of nitrogens with one attached hydrogen (secondary N) is 2. The van der Waals surface area contributed by atoms with Crippen LogP contribution in [-0.4, -0.2) is 63.2 Å². The molecule has 8 heteroatoms. The molecule has 2 amide bonds. The van der Waals surface area contributed by atoms with Crippen LogP contribution in [-0.2, 0) is 20.7 Å². The van der Waals surface area contributed by atoms with Gasteiger partial charge in [0, 0.05) is 49.6 Å². The molecule has 1 atom stereocenters. The third-order valence-corrected chi connectivity index (χ3v) is 6.91. The maximum atomic E-state index is 12.6. The van der Waals surface area contributed by atoms with Gasteiger partial charge in [-0.25, -0.2) is 0 Å². The summed E-state index contributed by atoms with van der Waals surface area (Å²) < 4.78 is 5.53. The molecule has 2 aromatic rings. The van der Waals surface area contributed by atoms with Crippen LogP contribution >= 0.6 is 11.6 Å². The number of hydrogen-bond donors (Lipinski definition) is 2. The minimum absolute atomic E-state index is 0.0314. The molecule has 0 aliphatic carbocycles. The van der Waals surface area contributed by atoms with Crippen molar-refractivity contribution in [1.82, 2.24) is 10.2 Å². The summed E-state index contributed by atoms with van der Waals surface area (Å²) in [5.74, 6) is -1.36. The first-order valence-electron chi connectivity index (χ1n) is 11.4. The summed E-state index contributed by atoms with van der Waals surface area (Å²) in [7, 11) is 2.12. The normalized spacial score (nSPS) is 17.2. The molecule has 2 aliphatic heterocycles. The van der Waals surface area contributed by atoms with Gasteiger partial charge in [-0.1, -0.05) is 29.8 Å². The molecule has 2 N–H and O–H groups in total. The number of morpholine rings is 1. The van der Waals surface area contributed by atoms with Crippen molar-refractivity contribution >= 4 is 34.8 Å². The minimum Gasteiger partial charge on any atom is -0.379 e. The van der Waals surface area contributed by atoms with E-state index in [1.54, 1.807) is 25.1 Å². The summed E-state index contributed by atoms with van der Waals surface area (Å²) in [5.41, 5.74) is 5.01. The Morgan fingerprint density at radius 3 is 2.70 bits per heavy atom. The molecular formula is C25H31ClN4O3. The van der Waals surface area contributed by atoms with Crippen LogP contribution < -0.4 is 15.5 Å². The lowest BCUT2D eigenvalue weighted by Gasteiger charge is -2.36. The Morgan fingerprint density at radius 2 is 1.91 bits per heavy atom. The molecular weight excluding hydrogens is 440 g/mol. The average molecular weight is 471 g/mol. The number of carbonyl (C=O) groups excluding carboxylic acids is 2. The number of rotatable bonds is 5. The second-order valence-corrected chi connectivity index (χ2v) is 9.06. The van der Waals surface area contributed by atoms with Gasteiger partial charge in [-0.2, -0.15) is 0 Å². The number of anilines is 2. The highest BCUT2D eigenvalue weighted by Crippen LogP contribution is 2.31. The van der Waals surface area contributed by atoms with Crippen molar-refractivity contribution in [3.05, 3.63) is 58.1 Å². The van der Waals surface area contributed by atoms with Gasteiger partial charge in [-0.3, -0.25) is 14.5 Å². The Labute approximate surface area is 200 Å².